The van der Waals surface area contributed by atoms with Gasteiger partial charge in [-0.05, 0) is 19.1 Å². The zero-order valence-electron chi connectivity index (χ0n) is 21.5. The summed E-state index contributed by atoms with van der Waals surface area (Å²) in [6.07, 6.45) is 3.15. The number of anilines is 2. The molecule has 10 nitrogen and oxygen atoms in total. The monoisotopic (exact) mass is 533 g/mol. The van der Waals surface area contributed by atoms with Gasteiger partial charge >= 0.3 is 0 Å². The van der Waals surface area contributed by atoms with Crippen LogP contribution in [-0.2, 0) is 11.3 Å². The minimum atomic E-state index is -0.740. The highest BCUT2D eigenvalue weighted by Crippen LogP contribution is 2.31. The number of hydrogen-bond donors (Lipinski definition) is 1. The number of hydrogen-bond acceptors (Lipinski definition) is 9. The number of rotatable bonds is 10. The Morgan fingerprint density at radius 2 is 1.77 bits per heavy atom. The SMILES string of the molecule is COCCOc1cc(F)c(Cn2nc(-c3ncc(OC)c(Nc4ccnc(C)n4)n3)c3ccccc32)c(F)c1. The smallest absolute Gasteiger partial charge is 0.183 e. The molecule has 0 radical (unpaired) electrons. The maximum absolute atomic E-state index is 15.0. The van der Waals surface area contributed by atoms with E-state index in [9.17, 15) is 8.78 Å². The van der Waals surface area contributed by atoms with E-state index in [1.165, 1.54) is 25.1 Å². The van der Waals surface area contributed by atoms with Crippen LogP contribution >= 0.6 is 0 Å². The number of benzene rings is 2. The van der Waals surface area contributed by atoms with Gasteiger partial charge in [0.05, 0.1) is 32.0 Å². The maximum atomic E-state index is 15.0. The van der Waals surface area contributed by atoms with Crippen molar-refractivity contribution in [2.45, 2.75) is 13.5 Å². The van der Waals surface area contributed by atoms with Gasteiger partial charge in [0, 0.05) is 36.4 Å². The lowest BCUT2D eigenvalue weighted by Gasteiger charge is -2.11. The summed E-state index contributed by atoms with van der Waals surface area (Å²) in [5.41, 5.74) is 0.952. The molecule has 1 N–H and O–H groups in total. The van der Waals surface area contributed by atoms with Crippen LogP contribution in [0.15, 0.2) is 54.9 Å². The van der Waals surface area contributed by atoms with Gasteiger partial charge in [0.2, 0.25) is 0 Å². The average molecular weight is 534 g/mol. The number of halogens is 2. The predicted molar refractivity (Wildman–Crippen MR) is 140 cm³/mol. The minimum Gasteiger partial charge on any atom is -0.491 e. The highest BCUT2D eigenvalue weighted by Gasteiger charge is 2.20. The number of methoxy groups -OCH3 is 2. The van der Waals surface area contributed by atoms with Crippen molar-refractivity contribution in [1.29, 1.82) is 0 Å². The van der Waals surface area contributed by atoms with E-state index in [4.69, 9.17) is 14.2 Å². The minimum absolute atomic E-state index is 0.0855. The Morgan fingerprint density at radius 1 is 0.974 bits per heavy atom. The van der Waals surface area contributed by atoms with Gasteiger partial charge in [-0.15, -0.1) is 0 Å². The van der Waals surface area contributed by atoms with Crippen LogP contribution in [0.2, 0.25) is 0 Å². The molecule has 0 saturated carbocycles. The lowest BCUT2D eigenvalue weighted by molar-refractivity contribution is 0.146. The van der Waals surface area contributed by atoms with E-state index in [-0.39, 0.29) is 24.5 Å². The molecule has 200 valence electrons. The fourth-order valence-corrected chi connectivity index (χ4v) is 3.99. The largest absolute Gasteiger partial charge is 0.491 e. The van der Waals surface area contributed by atoms with Gasteiger partial charge < -0.3 is 19.5 Å². The highest BCUT2D eigenvalue weighted by atomic mass is 19.1. The molecule has 3 aromatic heterocycles. The lowest BCUT2D eigenvalue weighted by atomic mass is 10.1. The Balaban J connectivity index is 1.51. The van der Waals surface area contributed by atoms with E-state index in [0.717, 1.165) is 12.1 Å². The van der Waals surface area contributed by atoms with Crippen LogP contribution in [-0.4, -0.2) is 57.1 Å². The number of aryl methyl sites for hydroxylation is 1. The molecule has 0 atom stereocenters. The predicted octanol–water partition coefficient (Wildman–Crippen LogP) is 4.70. The number of nitrogens with one attached hydrogen (secondary N) is 1. The topological polar surface area (TPSA) is 109 Å². The number of fused-ring (bicyclic) bond motifs is 1. The average Bonchev–Trinajstić information content (AvgIpc) is 3.29. The molecule has 0 saturated heterocycles. The number of nitrogens with zero attached hydrogens (tertiary/aromatic N) is 6. The van der Waals surface area contributed by atoms with Crippen molar-refractivity contribution in [3.8, 4) is 23.0 Å². The van der Waals surface area contributed by atoms with Crippen LogP contribution in [0.25, 0.3) is 22.4 Å². The van der Waals surface area contributed by atoms with Gasteiger partial charge in [0.15, 0.2) is 17.4 Å². The van der Waals surface area contributed by atoms with Crippen LogP contribution in [0, 0.1) is 18.6 Å². The number of ether oxygens (including phenoxy) is 3. The van der Waals surface area contributed by atoms with E-state index in [1.54, 1.807) is 19.2 Å². The molecular formula is C27H25F2N7O3. The van der Waals surface area contributed by atoms with Gasteiger partial charge in [-0.3, -0.25) is 4.68 Å². The van der Waals surface area contributed by atoms with Crippen molar-refractivity contribution in [2.24, 2.45) is 0 Å². The zero-order chi connectivity index (χ0) is 27.4. The molecule has 2 aromatic carbocycles. The van der Waals surface area contributed by atoms with E-state index in [0.29, 0.717) is 52.2 Å². The quantitative estimate of drug-likeness (QED) is 0.256. The summed E-state index contributed by atoms with van der Waals surface area (Å²) in [4.78, 5) is 17.5. The summed E-state index contributed by atoms with van der Waals surface area (Å²) >= 11 is 0. The molecule has 12 heteroatoms. The molecular weight excluding hydrogens is 508 g/mol. The number of aromatic nitrogens is 6. The molecule has 0 bridgehead atoms. The molecule has 0 aliphatic rings. The van der Waals surface area contributed by atoms with Crippen LogP contribution in [0.1, 0.15) is 11.4 Å². The van der Waals surface area contributed by atoms with Crippen LogP contribution < -0.4 is 14.8 Å². The first-order chi connectivity index (χ1) is 19.0. The Bertz CT molecular complexity index is 1600. The first-order valence-electron chi connectivity index (χ1n) is 12.0. The summed E-state index contributed by atoms with van der Waals surface area (Å²) in [5.74, 6) is 0.792. The Morgan fingerprint density at radius 3 is 2.51 bits per heavy atom. The Kier molecular flexibility index (Phi) is 7.55. The second-order valence-electron chi connectivity index (χ2n) is 8.45. The van der Waals surface area contributed by atoms with Crippen molar-refractivity contribution < 1.29 is 23.0 Å². The van der Waals surface area contributed by atoms with Crippen LogP contribution in [0.5, 0.6) is 11.5 Å². The standard InChI is InChI=1S/C27H25F2N7O3/c1-16-30-9-8-24(32-16)33-26-23(38-3)14-31-27(34-26)25-18-6-4-5-7-22(18)36(35-25)15-19-20(28)12-17(13-21(19)29)39-11-10-37-2/h4-9,12-14H,10-11,15H2,1-3H3,(H,30,31,32,33,34). The summed E-state index contributed by atoms with van der Waals surface area (Å²) in [6.45, 7) is 2.10. The molecule has 0 fully saturated rings. The van der Waals surface area contributed by atoms with Crippen LogP contribution in [0.3, 0.4) is 0 Å². The summed E-state index contributed by atoms with van der Waals surface area (Å²) < 4.78 is 47.1. The molecule has 5 aromatic rings. The van der Waals surface area contributed by atoms with Crippen molar-refractivity contribution in [2.75, 3.05) is 32.8 Å². The summed E-state index contributed by atoms with van der Waals surface area (Å²) in [7, 11) is 3.03. The third-order valence-electron chi connectivity index (χ3n) is 5.85. The first kappa shape index (κ1) is 25.9. The van der Waals surface area contributed by atoms with Crippen molar-refractivity contribution in [3.05, 3.63) is 77.9 Å². The van der Waals surface area contributed by atoms with E-state index in [1.807, 2.05) is 24.3 Å². The van der Waals surface area contributed by atoms with Crippen molar-refractivity contribution in [1.82, 2.24) is 29.7 Å². The maximum Gasteiger partial charge on any atom is 0.183 e. The van der Waals surface area contributed by atoms with Crippen molar-refractivity contribution in [3.63, 3.8) is 0 Å². The second-order valence-corrected chi connectivity index (χ2v) is 8.45. The van der Waals surface area contributed by atoms with Crippen LogP contribution in [0.4, 0.5) is 20.4 Å². The molecule has 0 spiro atoms. The molecule has 5 rings (SSSR count). The molecule has 3 heterocycles. The fraction of sp³-hybridized carbons (Fsp3) is 0.222. The van der Waals surface area contributed by atoms with Gasteiger partial charge in [-0.1, -0.05) is 18.2 Å². The van der Waals surface area contributed by atoms with E-state index in [2.05, 4.69) is 30.4 Å². The summed E-state index contributed by atoms with van der Waals surface area (Å²) in [6, 6.07) is 11.3. The fourth-order valence-electron chi connectivity index (χ4n) is 3.99. The highest BCUT2D eigenvalue weighted by molar-refractivity contribution is 5.92. The summed E-state index contributed by atoms with van der Waals surface area (Å²) in [5, 5.41) is 8.50. The first-order valence-corrected chi connectivity index (χ1v) is 12.0. The second kappa shape index (κ2) is 11.4. The van der Waals surface area contributed by atoms with E-state index < -0.39 is 11.6 Å². The molecule has 0 amide bonds. The Hall–Kier alpha value is -4.71. The zero-order valence-corrected chi connectivity index (χ0v) is 21.5. The molecule has 0 aliphatic carbocycles. The molecule has 0 aliphatic heterocycles. The lowest BCUT2D eigenvalue weighted by Crippen LogP contribution is -2.09. The molecule has 0 unspecified atom stereocenters. The van der Waals surface area contributed by atoms with Gasteiger partial charge in [-0.2, -0.15) is 5.10 Å². The van der Waals surface area contributed by atoms with Gasteiger partial charge in [-0.25, -0.2) is 28.7 Å². The third-order valence-corrected chi connectivity index (χ3v) is 5.85. The van der Waals surface area contributed by atoms with E-state index >= 15 is 0 Å². The third kappa shape index (κ3) is 5.60. The Labute approximate surface area is 222 Å². The van der Waals surface area contributed by atoms with Gasteiger partial charge in [0.25, 0.3) is 0 Å². The van der Waals surface area contributed by atoms with Crippen molar-refractivity contribution >= 4 is 22.5 Å². The normalized spacial score (nSPS) is 11.1. The number of para-hydroxylation sites is 1. The molecule has 39 heavy (non-hydrogen) atoms. The van der Waals surface area contributed by atoms with Gasteiger partial charge in [0.1, 0.15) is 41.3 Å².